The topological polar surface area (TPSA) is 107 Å². The van der Waals surface area contributed by atoms with E-state index in [0.29, 0.717) is 6.07 Å². The van der Waals surface area contributed by atoms with Crippen molar-refractivity contribution in [2.75, 3.05) is 4.90 Å². The highest BCUT2D eigenvalue weighted by molar-refractivity contribution is 6.35. The molecule has 0 fully saturated rings. The number of halogens is 5. The molecule has 27 heavy (non-hydrogen) atoms. The first-order chi connectivity index (χ1) is 12.5. The van der Waals surface area contributed by atoms with Crippen LogP contribution in [0.1, 0.15) is 5.56 Å². The number of nitro benzene ring substituents is 2. The average molecular weight is 424 g/mol. The van der Waals surface area contributed by atoms with Gasteiger partial charge in [0.2, 0.25) is 6.41 Å². The molecule has 0 aromatic heterocycles. The molecule has 0 aliphatic rings. The number of carbonyl (C=O) groups excluding carboxylic acids is 1. The van der Waals surface area contributed by atoms with Gasteiger partial charge < -0.3 is 0 Å². The minimum Gasteiger partial charge on any atom is -0.278 e. The van der Waals surface area contributed by atoms with Crippen molar-refractivity contribution in [1.29, 1.82) is 0 Å². The summed E-state index contributed by atoms with van der Waals surface area (Å²) >= 11 is 11.6. The van der Waals surface area contributed by atoms with Crippen molar-refractivity contribution in [3.63, 3.8) is 0 Å². The number of carbonyl (C=O) groups is 1. The van der Waals surface area contributed by atoms with Gasteiger partial charge in [0, 0.05) is 11.1 Å². The molecule has 0 saturated heterocycles. The molecule has 0 N–H and O–H groups in total. The Labute approximate surface area is 158 Å². The van der Waals surface area contributed by atoms with E-state index in [0.717, 1.165) is 6.07 Å². The lowest BCUT2D eigenvalue weighted by molar-refractivity contribution is -0.394. The molecule has 0 spiro atoms. The average Bonchev–Trinajstić information content (AvgIpc) is 2.57. The molecule has 8 nitrogen and oxygen atoms in total. The van der Waals surface area contributed by atoms with E-state index in [1.54, 1.807) is 0 Å². The number of benzene rings is 2. The predicted octanol–water partition coefficient (Wildman–Crippen LogP) is 5.12. The molecule has 142 valence electrons. The van der Waals surface area contributed by atoms with E-state index in [9.17, 15) is 38.2 Å². The van der Waals surface area contributed by atoms with Gasteiger partial charge in [0.05, 0.1) is 32.2 Å². The fraction of sp³-hybridized carbons (Fsp3) is 0.0714. The Morgan fingerprint density at radius 1 is 1.04 bits per heavy atom. The molecule has 2 aromatic carbocycles. The first kappa shape index (κ1) is 20.4. The van der Waals surface area contributed by atoms with Gasteiger partial charge in [-0.05, 0) is 18.2 Å². The third-order valence-electron chi connectivity index (χ3n) is 3.30. The molecule has 0 radical (unpaired) electrons. The molecule has 0 bridgehead atoms. The zero-order valence-electron chi connectivity index (χ0n) is 12.7. The highest BCUT2D eigenvalue weighted by Gasteiger charge is 2.42. The van der Waals surface area contributed by atoms with Gasteiger partial charge in [0.15, 0.2) is 0 Å². The summed E-state index contributed by atoms with van der Waals surface area (Å²) in [6.07, 6.45) is -5.39. The SMILES string of the molecule is O=CN(c1cc(Cl)ccc1Cl)c1c([N+](=O)[O-])cc([N+](=O)[O-])cc1C(F)(F)F. The number of nitrogens with zero attached hydrogens (tertiary/aromatic N) is 3. The minimum atomic E-state index is -5.25. The van der Waals surface area contributed by atoms with Gasteiger partial charge in [-0.3, -0.25) is 29.9 Å². The lowest BCUT2D eigenvalue weighted by Gasteiger charge is -2.22. The molecule has 0 heterocycles. The van der Waals surface area contributed by atoms with E-state index in [4.69, 9.17) is 23.2 Å². The quantitative estimate of drug-likeness (QED) is 0.376. The second-order valence-corrected chi connectivity index (χ2v) is 5.79. The Balaban J connectivity index is 2.94. The van der Waals surface area contributed by atoms with Crippen molar-refractivity contribution < 1.29 is 27.8 Å². The molecule has 0 aliphatic carbocycles. The molecule has 13 heteroatoms. The van der Waals surface area contributed by atoms with Crippen LogP contribution in [0.25, 0.3) is 0 Å². The number of amides is 1. The van der Waals surface area contributed by atoms with Gasteiger partial charge in [-0.25, -0.2) is 0 Å². The van der Waals surface area contributed by atoms with Crippen LogP contribution in [0.4, 0.5) is 35.9 Å². The third-order valence-corrected chi connectivity index (χ3v) is 3.86. The number of non-ortho nitro benzene ring substituents is 1. The third kappa shape index (κ3) is 4.09. The number of hydrogen-bond acceptors (Lipinski definition) is 5. The lowest BCUT2D eigenvalue weighted by Crippen LogP contribution is -2.21. The number of hydrogen-bond donors (Lipinski definition) is 0. The lowest BCUT2D eigenvalue weighted by atomic mass is 10.1. The molecule has 0 unspecified atom stereocenters. The summed E-state index contributed by atoms with van der Waals surface area (Å²) in [7, 11) is 0. The van der Waals surface area contributed by atoms with Crippen molar-refractivity contribution in [3.05, 3.63) is 66.2 Å². The summed E-state index contributed by atoms with van der Waals surface area (Å²) in [4.78, 5) is 31.5. The smallest absolute Gasteiger partial charge is 0.278 e. The highest BCUT2D eigenvalue weighted by Crippen LogP contribution is 2.47. The van der Waals surface area contributed by atoms with Gasteiger partial charge in [0.25, 0.3) is 5.69 Å². The molecule has 0 atom stereocenters. The number of anilines is 2. The summed E-state index contributed by atoms with van der Waals surface area (Å²) < 4.78 is 40.4. The van der Waals surface area contributed by atoms with Gasteiger partial charge in [-0.1, -0.05) is 23.2 Å². The molecule has 1 amide bonds. The zero-order valence-corrected chi connectivity index (χ0v) is 14.2. The summed E-state index contributed by atoms with van der Waals surface area (Å²) in [5.41, 5.74) is -5.83. The van der Waals surface area contributed by atoms with Gasteiger partial charge in [0.1, 0.15) is 5.69 Å². The maximum atomic E-state index is 13.5. The number of alkyl halides is 3. The van der Waals surface area contributed by atoms with Crippen LogP contribution in [0.2, 0.25) is 10.0 Å². The summed E-state index contributed by atoms with van der Waals surface area (Å²) in [6, 6.07) is 3.88. The molecular formula is C14H6Cl2F3N3O5. The van der Waals surface area contributed by atoms with E-state index in [2.05, 4.69) is 0 Å². The number of rotatable bonds is 5. The number of nitro groups is 2. The molecule has 0 aliphatic heterocycles. The fourth-order valence-corrected chi connectivity index (χ4v) is 2.59. The van der Waals surface area contributed by atoms with Crippen LogP contribution in [0.5, 0.6) is 0 Å². The Morgan fingerprint density at radius 2 is 1.67 bits per heavy atom. The normalized spacial score (nSPS) is 11.1. The Kier molecular flexibility index (Phi) is 5.56. The zero-order chi connectivity index (χ0) is 20.5. The molecule has 0 saturated carbocycles. The van der Waals surface area contributed by atoms with E-state index < -0.39 is 38.6 Å². The monoisotopic (exact) mass is 423 g/mol. The van der Waals surface area contributed by atoms with Crippen LogP contribution in [-0.2, 0) is 11.0 Å². The minimum absolute atomic E-state index is 0.0145. The Bertz CT molecular complexity index is 952. The van der Waals surface area contributed by atoms with E-state index in [1.165, 1.54) is 12.1 Å². The Hall–Kier alpha value is -2.92. The maximum Gasteiger partial charge on any atom is 0.418 e. The molecular weight excluding hydrogens is 418 g/mol. The molecule has 2 rings (SSSR count). The summed E-state index contributed by atoms with van der Waals surface area (Å²) in [5, 5.41) is 21.9. The Morgan fingerprint density at radius 3 is 2.15 bits per heavy atom. The van der Waals surface area contributed by atoms with Crippen LogP contribution in [0.15, 0.2) is 30.3 Å². The van der Waals surface area contributed by atoms with Crippen LogP contribution in [0.3, 0.4) is 0 Å². The van der Waals surface area contributed by atoms with Gasteiger partial charge in [-0.2, -0.15) is 13.2 Å². The maximum absolute atomic E-state index is 13.5. The van der Waals surface area contributed by atoms with E-state index >= 15 is 0 Å². The first-order valence-electron chi connectivity index (χ1n) is 6.71. The first-order valence-corrected chi connectivity index (χ1v) is 7.46. The fourth-order valence-electron chi connectivity index (χ4n) is 2.22. The second kappa shape index (κ2) is 7.37. The highest BCUT2D eigenvalue weighted by atomic mass is 35.5. The van der Waals surface area contributed by atoms with Crippen molar-refractivity contribution in [1.82, 2.24) is 0 Å². The predicted molar refractivity (Wildman–Crippen MR) is 89.4 cm³/mol. The van der Waals surface area contributed by atoms with Crippen molar-refractivity contribution in [2.45, 2.75) is 6.18 Å². The summed E-state index contributed by atoms with van der Waals surface area (Å²) in [5.74, 6) is 0. The van der Waals surface area contributed by atoms with Crippen LogP contribution in [0, 0.1) is 20.2 Å². The van der Waals surface area contributed by atoms with E-state index in [-0.39, 0.29) is 33.1 Å². The summed E-state index contributed by atoms with van der Waals surface area (Å²) in [6.45, 7) is 0. The van der Waals surface area contributed by atoms with Crippen molar-refractivity contribution in [3.8, 4) is 0 Å². The second-order valence-electron chi connectivity index (χ2n) is 4.94. The van der Waals surface area contributed by atoms with Crippen LogP contribution in [-0.4, -0.2) is 16.3 Å². The van der Waals surface area contributed by atoms with E-state index in [1.807, 2.05) is 0 Å². The van der Waals surface area contributed by atoms with Gasteiger partial charge >= 0.3 is 11.9 Å². The van der Waals surface area contributed by atoms with Gasteiger partial charge in [-0.15, -0.1) is 0 Å². The largest absolute Gasteiger partial charge is 0.418 e. The van der Waals surface area contributed by atoms with Crippen LogP contribution < -0.4 is 4.90 Å². The standard InChI is InChI=1S/C14H6Cl2F3N3O5/c15-7-1-2-10(16)11(3-7)20(6-23)13-9(14(17,18)19)4-8(21(24)25)5-12(13)22(26)27/h1-6H. The van der Waals surface area contributed by atoms with Crippen molar-refractivity contribution >= 4 is 52.4 Å². The van der Waals surface area contributed by atoms with Crippen molar-refractivity contribution in [2.24, 2.45) is 0 Å². The van der Waals surface area contributed by atoms with Crippen LogP contribution >= 0.6 is 23.2 Å². The molecule has 2 aromatic rings.